The third-order valence-corrected chi connectivity index (χ3v) is 11.3. The van der Waals surface area contributed by atoms with Crippen molar-refractivity contribution in [2.24, 2.45) is 0 Å². The lowest BCUT2D eigenvalue weighted by atomic mass is 9.96. The molecule has 0 saturated carbocycles. The molecule has 5 heterocycles. The summed E-state index contributed by atoms with van der Waals surface area (Å²) in [6, 6.07) is 50.6. The Morgan fingerprint density at radius 3 is 1.83 bits per heavy atom. The molecule has 0 aliphatic heterocycles. The molecule has 0 spiro atoms. The van der Waals surface area contributed by atoms with E-state index < -0.39 is 0 Å². The topological polar surface area (TPSA) is 40.6 Å². The van der Waals surface area contributed by atoms with E-state index in [0.717, 1.165) is 35.5 Å². The predicted molar refractivity (Wildman–Crippen MR) is 220 cm³/mol. The molecule has 5 aromatic heterocycles. The van der Waals surface area contributed by atoms with Crippen molar-refractivity contribution in [3.63, 3.8) is 0 Å². The third kappa shape index (κ3) is 4.50. The average molecular weight is 682 g/mol. The van der Waals surface area contributed by atoms with Gasteiger partial charge < -0.3 is 13.7 Å². The first kappa shape index (κ1) is 30.0. The third-order valence-electron chi connectivity index (χ3n) is 11.3. The molecular formula is C48H35N5. The zero-order valence-corrected chi connectivity index (χ0v) is 29.3. The Morgan fingerprint density at radius 2 is 1.13 bits per heavy atom. The Morgan fingerprint density at radius 1 is 0.547 bits per heavy atom. The molecule has 0 N–H and O–H groups in total. The molecule has 5 nitrogen and oxygen atoms in total. The largest absolute Gasteiger partial charge is 0.341 e. The number of fused-ring (bicyclic) bond motifs is 9. The molecule has 0 saturated heterocycles. The molecule has 53 heavy (non-hydrogen) atoms. The van der Waals surface area contributed by atoms with Crippen LogP contribution in [0.15, 0.2) is 158 Å². The van der Waals surface area contributed by atoms with Gasteiger partial charge in [-0.05, 0) is 104 Å². The van der Waals surface area contributed by atoms with Crippen molar-refractivity contribution in [1.29, 1.82) is 0 Å². The van der Waals surface area contributed by atoms with E-state index in [9.17, 15) is 0 Å². The van der Waals surface area contributed by atoms with E-state index >= 15 is 0 Å². The van der Waals surface area contributed by atoms with Crippen LogP contribution in [0.1, 0.15) is 24.2 Å². The molecule has 10 aromatic rings. The maximum absolute atomic E-state index is 4.65. The molecule has 5 aromatic carbocycles. The van der Waals surface area contributed by atoms with Gasteiger partial charge in [0.05, 0.1) is 28.5 Å². The van der Waals surface area contributed by atoms with Crippen LogP contribution in [-0.2, 0) is 13.0 Å². The number of aryl methyl sites for hydroxylation is 1. The minimum Gasteiger partial charge on any atom is -0.341 e. The highest BCUT2D eigenvalue weighted by molar-refractivity contribution is 6.11. The van der Waals surface area contributed by atoms with E-state index in [1.54, 1.807) is 0 Å². The zero-order chi connectivity index (χ0) is 35.0. The normalized spacial score (nSPS) is 14.2. The van der Waals surface area contributed by atoms with Gasteiger partial charge >= 0.3 is 0 Å². The van der Waals surface area contributed by atoms with Gasteiger partial charge in [0.2, 0.25) is 0 Å². The maximum atomic E-state index is 4.65. The van der Waals surface area contributed by atoms with Crippen LogP contribution in [0.4, 0.5) is 0 Å². The summed E-state index contributed by atoms with van der Waals surface area (Å²) in [7, 11) is 0. The fourth-order valence-corrected chi connectivity index (χ4v) is 8.97. The van der Waals surface area contributed by atoms with Crippen LogP contribution in [0.25, 0.3) is 88.8 Å². The Bertz CT molecular complexity index is 3070. The molecule has 0 amide bonds. The van der Waals surface area contributed by atoms with Crippen molar-refractivity contribution in [2.75, 3.05) is 0 Å². The summed E-state index contributed by atoms with van der Waals surface area (Å²) in [6.07, 6.45) is 9.43. The Labute approximate surface area is 306 Å². The highest BCUT2D eigenvalue weighted by atomic mass is 15.0. The number of rotatable bonds is 5. The lowest BCUT2D eigenvalue weighted by Gasteiger charge is -2.22. The maximum Gasteiger partial charge on any atom is 0.0702 e. The second kappa shape index (κ2) is 11.7. The number of nitrogens with zero attached hydrogens (tertiary/aromatic N) is 5. The molecule has 252 valence electrons. The first-order valence-electron chi connectivity index (χ1n) is 18.5. The summed E-state index contributed by atoms with van der Waals surface area (Å²) in [5, 5.41) is 6.34. The van der Waals surface area contributed by atoms with E-state index in [1.165, 1.54) is 71.5 Å². The minimum atomic E-state index is 0.170. The first-order valence-corrected chi connectivity index (χ1v) is 18.5. The quantitative estimate of drug-likeness (QED) is 0.181. The molecule has 1 aliphatic rings. The van der Waals surface area contributed by atoms with Crippen molar-refractivity contribution in [2.45, 2.75) is 25.9 Å². The van der Waals surface area contributed by atoms with Gasteiger partial charge in [-0.3, -0.25) is 9.97 Å². The second-order valence-corrected chi connectivity index (χ2v) is 14.1. The standard InChI is InChI=1S/C48H35N5/c1-2-51-43-23-19-33(52-45-15-5-3-11-35(45)37-27-31(17-21-47(37)52)41-13-7-9-25-49-41)29-39(43)40-30-34(20-24-44(40)51)53-46-16-6-4-12-36(46)38-28-32(18-22-48(38)53)42-14-8-10-26-50-42/h3-29,34H,2,30H2,1H3. The number of hydrogen-bond acceptors (Lipinski definition) is 2. The fourth-order valence-electron chi connectivity index (χ4n) is 8.97. The summed E-state index contributed by atoms with van der Waals surface area (Å²) in [4.78, 5) is 9.29. The van der Waals surface area contributed by atoms with Crippen molar-refractivity contribution in [1.82, 2.24) is 23.7 Å². The molecule has 5 heteroatoms. The smallest absolute Gasteiger partial charge is 0.0702 e. The highest BCUT2D eigenvalue weighted by Crippen LogP contribution is 2.42. The summed E-state index contributed by atoms with van der Waals surface area (Å²) < 4.78 is 7.47. The van der Waals surface area contributed by atoms with Crippen LogP contribution < -0.4 is 0 Å². The van der Waals surface area contributed by atoms with Crippen molar-refractivity contribution in [3.8, 4) is 28.2 Å². The van der Waals surface area contributed by atoms with Crippen LogP contribution in [0.5, 0.6) is 0 Å². The number of para-hydroxylation sites is 2. The Kier molecular flexibility index (Phi) is 6.59. The van der Waals surface area contributed by atoms with Crippen LogP contribution in [0, 0.1) is 0 Å². The summed E-state index contributed by atoms with van der Waals surface area (Å²) in [5.74, 6) is 0. The van der Waals surface area contributed by atoms with Crippen LogP contribution >= 0.6 is 0 Å². The zero-order valence-electron chi connectivity index (χ0n) is 29.3. The minimum absolute atomic E-state index is 0.170. The second-order valence-electron chi connectivity index (χ2n) is 14.1. The van der Waals surface area contributed by atoms with Gasteiger partial charge in [-0.2, -0.15) is 0 Å². The van der Waals surface area contributed by atoms with Crippen LogP contribution in [-0.4, -0.2) is 23.7 Å². The predicted octanol–water partition coefficient (Wildman–Crippen LogP) is 11.8. The van der Waals surface area contributed by atoms with Gasteiger partial charge in [-0.1, -0.05) is 66.7 Å². The molecule has 1 atom stereocenters. The van der Waals surface area contributed by atoms with Crippen molar-refractivity contribution < 1.29 is 0 Å². The summed E-state index contributed by atoms with van der Waals surface area (Å²) in [5.41, 5.74) is 14.3. The van der Waals surface area contributed by atoms with E-state index in [1.807, 2.05) is 24.5 Å². The molecule has 0 fully saturated rings. The molecule has 1 unspecified atom stereocenters. The van der Waals surface area contributed by atoms with Gasteiger partial charge in [0.1, 0.15) is 0 Å². The van der Waals surface area contributed by atoms with Crippen molar-refractivity contribution in [3.05, 3.63) is 169 Å². The van der Waals surface area contributed by atoms with Crippen LogP contribution in [0.3, 0.4) is 0 Å². The molecule has 0 radical (unpaired) electrons. The van der Waals surface area contributed by atoms with Crippen LogP contribution in [0.2, 0.25) is 0 Å². The van der Waals surface area contributed by atoms with E-state index in [0.29, 0.717) is 0 Å². The number of allylic oxidation sites excluding steroid dienone is 1. The van der Waals surface area contributed by atoms with Gasteiger partial charge in [0, 0.05) is 84.9 Å². The first-order chi connectivity index (χ1) is 26.2. The monoisotopic (exact) mass is 681 g/mol. The van der Waals surface area contributed by atoms with Gasteiger partial charge in [-0.15, -0.1) is 0 Å². The Hall–Kier alpha value is -6.72. The SMILES string of the molecule is CCn1c2c(c3cc(-n4c5ccccc5c5cc(-c6ccccn6)ccc54)ccc31)CC(n1c3ccccc3c3cc(-c4ccccn4)ccc31)C=C2. The van der Waals surface area contributed by atoms with E-state index in [-0.39, 0.29) is 6.04 Å². The van der Waals surface area contributed by atoms with E-state index in [2.05, 4.69) is 170 Å². The lowest BCUT2D eigenvalue weighted by Crippen LogP contribution is -2.13. The van der Waals surface area contributed by atoms with Gasteiger partial charge in [0.25, 0.3) is 0 Å². The summed E-state index contributed by atoms with van der Waals surface area (Å²) >= 11 is 0. The Balaban J connectivity index is 1.07. The average Bonchev–Trinajstić information content (AvgIpc) is 3.85. The van der Waals surface area contributed by atoms with Crippen molar-refractivity contribution >= 4 is 60.6 Å². The summed E-state index contributed by atoms with van der Waals surface area (Å²) in [6.45, 7) is 3.17. The number of benzene rings is 5. The molecule has 11 rings (SSSR count). The fraction of sp³-hybridized carbons (Fsp3) is 0.0833. The van der Waals surface area contributed by atoms with E-state index in [4.69, 9.17) is 0 Å². The number of hydrogen-bond donors (Lipinski definition) is 0. The van der Waals surface area contributed by atoms with Gasteiger partial charge in [-0.25, -0.2) is 0 Å². The lowest BCUT2D eigenvalue weighted by molar-refractivity contribution is 0.632. The van der Waals surface area contributed by atoms with Gasteiger partial charge in [0.15, 0.2) is 0 Å². The molecular weight excluding hydrogens is 647 g/mol. The molecule has 1 aliphatic carbocycles. The number of aromatic nitrogens is 5. The highest BCUT2D eigenvalue weighted by Gasteiger charge is 2.26. The molecule has 0 bridgehead atoms. The number of pyridine rings is 2.